The van der Waals surface area contributed by atoms with Gasteiger partial charge in [-0.3, -0.25) is 15.0 Å². The van der Waals surface area contributed by atoms with Crippen molar-refractivity contribution in [3.8, 4) is 0 Å². The minimum Gasteiger partial charge on any atom is -0.335 e. The van der Waals surface area contributed by atoms with Gasteiger partial charge in [-0.1, -0.05) is 38.5 Å². The zero-order valence-electron chi connectivity index (χ0n) is 14.7. The van der Waals surface area contributed by atoms with Crippen molar-refractivity contribution in [3.63, 3.8) is 0 Å². The third-order valence-electron chi connectivity index (χ3n) is 6.00. The largest absolute Gasteiger partial charge is 0.335 e. The average molecular weight is 336 g/mol. The van der Waals surface area contributed by atoms with Crippen LogP contribution in [0.5, 0.6) is 0 Å². The maximum absolute atomic E-state index is 12.4. The number of amides is 3. The molecule has 0 aromatic heterocycles. The van der Waals surface area contributed by atoms with Crippen LogP contribution in [0.4, 0.5) is 4.79 Å². The van der Waals surface area contributed by atoms with Gasteiger partial charge in [-0.2, -0.15) is 0 Å². The Labute approximate surface area is 145 Å². The Balaban J connectivity index is 1.48. The van der Waals surface area contributed by atoms with Crippen LogP contribution >= 0.6 is 0 Å². The molecule has 0 unspecified atom stereocenters. The van der Waals surface area contributed by atoms with Gasteiger partial charge in [0.2, 0.25) is 5.91 Å². The lowest BCUT2D eigenvalue weighted by Gasteiger charge is -2.49. The van der Waals surface area contributed by atoms with Crippen LogP contribution in [0.1, 0.15) is 64.2 Å². The first kappa shape index (κ1) is 17.7. The van der Waals surface area contributed by atoms with E-state index in [1.807, 2.05) is 0 Å². The molecule has 2 aliphatic carbocycles. The number of hydrogen-bond donors (Lipinski definition) is 3. The zero-order valence-corrected chi connectivity index (χ0v) is 14.7. The number of carbonyl (C=O) groups excluding carboxylic acids is 2. The number of nitrogens with one attached hydrogen (secondary N) is 3. The second kappa shape index (κ2) is 8.30. The molecule has 1 heterocycles. The summed E-state index contributed by atoms with van der Waals surface area (Å²) in [5.74, 6) is -0.171. The molecule has 0 atom stereocenters. The Morgan fingerprint density at radius 1 is 1.04 bits per heavy atom. The molecule has 3 amide bonds. The fourth-order valence-corrected chi connectivity index (χ4v) is 4.64. The molecule has 2 saturated carbocycles. The molecule has 1 saturated heterocycles. The van der Waals surface area contributed by atoms with Crippen molar-refractivity contribution in [3.05, 3.63) is 0 Å². The number of piperazine rings is 1. The number of hydrogen-bond acceptors (Lipinski definition) is 4. The van der Waals surface area contributed by atoms with Crippen molar-refractivity contribution < 1.29 is 9.59 Å². The normalized spacial score (nSPS) is 25.3. The Kier molecular flexibility index (Phi) is 6.11. The molecule has 6 heteroatoms. The summed E-state index contributed by atoms with van der Waals surface area (Å²) in [6, 6.07) is -0.0878. The molecule has 3 fully saturated rings. The third kappa shape index (κ3) is 4.48. The van der Waals surface area contributed by atoms with E-state index < -0.39 is 0 Å². The molecule has 3 N–H and O–H groups in total. The van der Waals surface area contributed by atoms with Crippen LogP contribution < -0.4 is 16.0 Å². The highest BCUT2D eigenvalue weighted by Crippen LogP contribution is 2.34. The lowest BCUT2D eigenvalue weighted by molar-refractivity contribution is -0.123. The van der Waals surface area contributed by atoms with Crippen molar-refractivity contribution >= 4 is 11.9 Å². The van der Waals surface area contributed by atoms with Gasteiger partial charge in [-0.05, 0) is 25.7 Å². The zero-order chi connectivity index (χ0) is 16.8. The minimum atomic E-state index is -0.320. The standard InChI is InChI=1S/C18H32N4O2/c23-16(21-17(24)20-15-7-3-1-4-8-15)13-22-12-11-19-14-18(22)9-5-2-6-10-18/h15,19H,1-14H2,(H2,20,21,23,24). The van der Waals surface area contributed by atoms with E-state index in [-0.39, 0.29) is 23.5 Å². The molecule has 1 spiro atoms. The molecule has 0 aromatic carbocycles. The van der Waals surface area contributed by atoms with E-state index in [4.69, 9.17) is 0 Å². The quantitative estimate of drug-likeness (QED) is 0.734. The molecule has 0 aromatic rings. The number of nitrogens with zero attached hydrogens (tertiary/aromatic N) is 1. The van der Waals surface area contributed by atoms with Gasteiger partial charge in [0, 0.05) is 31.2 Å². The highest BCUT2D eigenvalue weighted by atomic mass is 16.2. The van der Waals surface area contributed by atoms with Crippen molar-refractivity contribution in [2.45, 2.75) is 75.8 Å². The Bertz CT molecular complexity index is 434. The maximum Gasteiger partial charge on any atom is 0.321 e. The van der Waals surface area contributed by atoms with Crippen LogP contribution in [0.15, 0.2) is 0 Å². The summed E-state index contributed by atoms with van der Waals surface area (Å²) in [6.45, 7) is 3.11. The van der Waals surface area contributed by atoms with Crippen LogP contribution in [0, 0.1) is 0 Å². The first-order chi connectivity index (χ1) is 11.7. The van der Waals surface area contributed by atoms with Crippen molar-refractivity contribution in [2.24, 2.45) is 0 Å². The van der Waals surface area contributed by atoms with Gasteiger partial charge in [0.15, 0.2) is 0 Å². The van der Waals surface area contributed by atoms with Crippen molar-refractivity contribution in [2.75, 3.05) is 26.2 Å². The van der Waals surface area contributed by atoms with E-state index in [9.17, 15) is 9.59 Å². The molecule has 1 aliphatic heterocycles. The smallest absolute Gasteiger partial charge is 0.321 e. The van der Waals surface area contributed by atoms with Gasteiger partial charge in [0.05, 0.1) is 6.54 Å². The van der Waals surface area contributed by atoms with Gasteiger partial charge in [0.1, 0.15) is 0 Å². The predicted molar refractivity (Wildman–Crippen MR) is 93.8 cm³/mol. The molecular weight excluding hydrogens is 304 g/mol. The molecule has 0 bridgehead atoms. The Morgan fingerprint density at radius 3 is 2.50 bits per heavy atom. The number of carbonyl (C=O) groups is 2. The number of imide groups is 1. The number of rotatable bonds is 3. The molecule has 0 radical (unpaired) electrons. The molecule has 6 nitrogen and oxygen atoms in total. The van der Waals surface area contributed by atoms with Crippen molar-refractivity contribution in [1.29, 1.82) is 0 Å². The van der Waals surface area contributed by atoms with Crippen LogP contribution in [-0.4, -0.2) is 54.6 Å². The first-order valence-electron chi connectivity index (χ1n) is 9.74. The monoisotopic (exact) mass is 336 g/mol. The SMILES string of the molecule is O=C(CN1CCNCC12CCCCC2)NC(=O)NC1CCCCC1. The third-order valence-corrected chi connectivity index (χ3v) is 6.00. The first-order valence-corrected chi connectivity index (χ1v) is 9.74. The fraction of sp³-hybridized carbons (Fsp3) is 0.889. The van der Waals surface area contributed by atoms with Gasteiger partial charge in [-0.15, -0.1) is 0 Å². The van der Waals surface area contributed by atoms with Gasteiger partial charge in [0.25, 0.3) is 0 Å². The highest BCUT2D eigenvalue weighted by molar-refractivity contribution is 5.95. The van der Waals surface area contributed by atoms with Crippen LogP contribution in [0.2, 0.25) is 0 Å². The predicted octanol–water partition coefficient (Wildman–Crippen LogP) is 1.75. The second-order valence-corrected chi connectivity index (χ2v) is 7.74. The highest BCUT2D eigenvalue weighted by Gasteiger charge is 2.40. The lowest BCUT2D eigenvalue weighted by atomic mass is 9.79. The van der Waals surface area contributed by atoms with E-state index in [1.54, 1.807) is 0 Å². The van der Waals surface area contributed by atoms with E-state index in [2.05, 4.69) is 20.9 Å². The summed E-state index contributed by atoms with van der Waals surface area (Å²) in [7, 11) is 0. The summed E-state index contributed by atoms with van der Waals surface area (Å²) in [6.07, 6.45) is 11.7. The lowest BCUT2D eigenvalue weighted by Crippen LogP contribution is -2.64. The summed E-state index contributed by atoms with van der Waals surface area (Å²) < 4.78 is 0. The van der Waals surface area contributed by atoms with E-state index in [0.717, 1.165) is 45.3 Å². The van der Waals surface area contributed by atoms with Crippen LogP contribution in [-0.2, 0) is 4.79 Å². The van der Waals surface area contributed by atoms with Crippen LogP contribution in [0.25, 0.3) is 0 Å². The molecular formula is C18H32N4O2. The molecule has 136 valence electrons. The van der Waals surface area contributed by atoms with E-state index in [0.29, 0.717) is 6.54 Å². The van der Waals surface area contributed by atoms with Gasteiger partial charge < -0.3 is 10.6 Å². The molecule has 24 heavy (non-hydrogen) atoms. The van der Waals surface area contributed by atoms with E-state index in [1.165, 1.54) is 38.5 Å². The van der Waals surface area contributed by atoms with Gasteiger partial charge in [-0.25, -0.2) is 4.79 Å². The number of urea groups is 1. The summed E-state index contributed by atoms with van der Waals surface area (Å²) in [4.78, 5) is 26.7. The van der Waals surface area contributed by atoms with Crippen LogP contribution in [0.3, 0.4) is 0 Å². The van der Waals surface area contributed by atoms with Gasteiger partial charge >= 0.3 is 6.03 Å². The minimum absolute atomic E-state index is 0.119. The summed E-state index contributed by atoms with van der Waals surface area (Å²) >= 11 is 0. The molecule has 3 aliphatic rings. The molecule has 3 rings (SSSR count). The van der Waals surface area contributed by atoms with Crippen molar-refractivity contribution in [1.82, 2.24) is 20.9 Å². The summed E-state index contributed by atoms with van der Waals surface area (Å²) in [5, 5.41) is 8.99. The fourth-order valence-electron chi connectivity index (χ4n) is 4.64. The van der Waals surface area contributed by atoms with E-state index >= 15 is 0 Å². The summed E-state index contributed by atoms with van der Waals surface area (Å²) in [5.41, 5.74) is 0.119. The Hall–Kier alpha value is -1.14. The average Bonchev–Trinajstić information content (AvgIpc) is 2.58. The second-order valence-electron chi connectivity index (χ2n) is 7.74. The Morgan fingerprint density at radius 2 is 1.75 bits per heavy atom. The maximum atomic E-state index is 12.4. The topological polar surface area (TPSA) is 73.5 Å².